The predicted octanol–water partition coefficient (Wildman–Crippen LogP) is 4.90. The number of fused-ring (bicyclic) bond motifs is 1. The molecule has 2 aromatic carbocycles. The zero-order valence-electron chi connectivity index (χ0n) is 14.5. The van der Waals surface area contributed by atoms with Crippen molar-refractivity contribution in [2.45, 2.75) is 13.0 Å². The maximum atomic E-state index is 12.6. The van der Waals surface area contributed by atoms with Crippen molar-refractivity contribution in [2.75, 3.05) is 20.6 Å². The summed E-state index contributed by atoms with van der Waals surface area (Å²) in [5.74, 6) is -0.120. The number of rotatable bonds is 5. The van der Waals surface area contributed by atoms with Crippen molar-refractivity contribution in [1.82, 2.24) is 10.2 Å². The Labute approximate surface area is 157 Å². The molecule has 130 valence electrons. The minimum atomic E-state index is -0.120. The molecule has 1 heterocycles. The molecule has 0 radical (unpaired) electrons. The van der Waals surface area contributed by atoms with E-state index in [1.54, 1.807) is 0 Å². The molecule has 0 aliphatic carbocycles. The number of likely N-dealkylation sites (N-methyl/N-ethyl adjacent to an activating group) is 1. The summed E-state index contributed by atoms with van der Waals surface area (Å²) in [6.07, 6.45) is 0. The fourth-order valence-corrected chi connectivity index (χ4v) is 4.25. The lowest BCUT2D eigenvalue weighted by Crippen LogP contribution is -2.34. The summed E-state index contributed by atoms with van der Waals surface area (Å²) >= 11 is 7.84. The topological polar surface area (TPSA) is 32.3 Å². The summed E-state index contributed by atoms with van der Waals surface area (Å²) in [6, 6.07) is 16.3. The van der Waals surface area contributed by atoms with Gasteiger partial charge in [-0.2, -0.15) is 0 Å². The van der Waals surface area contributed by atoms with E-state index in [9.17, 15) is 4.79 Å². The molecule has 3 nitrogen and oxygen atoms in total. The Bertz CT molecular complexity index is 886. The van der Waals surface area contributed by atoms with Crippen LogP contribution in [0.15, 0.2) is 48.5 Å². The normalized spacial score (nSPS) is 12.5. The molecule has 25 heavy (non-hydrogen) atoms. The lowest BCUT2D eigenvalue weighted by atomic mass is 10.0. The number of hydrogen-bond acceptors (Lipinski definition) is 3. The van der Waals surface area contributed by atoms with Crippen LogP contribution in [0, 0.1) is 6.92 Å². The van der Waals surface area contributed by atoms with Crippen molar-refractivity contribution >= 4 is 38.9 Å². The molecule has 0 spiro atoms. The maximum Gasteiger partial charge on any atom is 0.262 e. The van der Waals surface area contributed by atoms with Gasteiger partial charge in [0, 0.05) is 16.6 Å². The third-order valence-corrected chi connectivity index (χ3v) is 5.96. The van der Waals surface area contributed by atoms with Gasteiger partial charge in [0.1, 0.15) is 4.88 Å². The van der Waals surface area contributed by atoms with Gasteiger partial charge in [-0.15, -0.1) is 11.3 Å². The summed E-state index contributed by atoms with van der Waals surface area (Å²) in [4.78, 5) is 15.3. The second-order valence-electron chi connectivity index (χ2n) is 6.34. The van der Waals surface area contributed by atoms with Crippen molar-refractivity contribution in [3.8, 4) is 0 Å². The van der Waals surface area contributed by atoms with Crippen molar-refractivity contribution in [3.63, 3.8) is 0 Å². The minimum Gasteiger partial charge on any atom is -0.349 e. The standard InChI is InChI=1S/C20H21ClN2OS/c1-13-8-10-14(11-9-13)16(23(2)3)12-22-20(24)19-18(21)15-6-4-5-7-17(15)25-19/h4-11,16H,12H2,1-3H3,(H,22,24)/t16-/m1/s1. The Balaban J connectivity index is 1.77. The van der Waals surface area contributed by atoms with Crippen molar-refractivity contribution in [3.05, 3.63) is 69.6 Å². The van der Waals surface area contributed by atoms with Gasteiger partial charge in [0.2, 0.25) is 0 Å². The Morgan fingerprint density at radius 1 is 1.16 bits per heavy atom. The molecule has 0 aliphatic rings. The van der Waals surface area contributed by atoms with Crippen molar-refractivity contribution < 1.29 is 4.79 Å². The van der Waals surface area contributed by atoms with Crippen LogP contribution in [-0.4, -0.2) is 31.4 Å². The van der Waals surface area contributed by atoms with Crippen molar-refractivity contribution in [2.24, 2.45) is 0 Å². The first-order valence-electron chi connectivity index (χ1n) is 8.15. The minimum absolute atomic E-state index is 0.109. The SMILES string of the molecule is Cc1ccc([C@@H](CNC(=O)c2sc3ccccc3c2Cl)N(C)C)cc1. The van der Waals surface area contributed by atoms with Crippen LogP contribution < -0.4 is 5.32 Å². The van der Waals surface area contributed by atoms with Gasteiger partial charge in [0.15, 0.2) is 0 Å². The molecular weight excluding hydrogens is 352 g/mol. The van der Waals surface area contributed by atoms with Crippen LogP contribution in [0.25, 0.3) is 10.1 Å². The number of hydrogen-bond donors (Lipinski definition) is 1. The molecule has 0 bridgehead atoms. The summed E-state index contributed by atoms with van der Waals surface area (Å²) < 4.78 is 1.03. The fourth-order valence-electron chi connectivity index (χ4n) is 2.82. The zero-order valence-corrected chi connectivity index (χ0v) is 16.1. The number of aryl methyl sites for hydroxylation is 1. The summed E-state index contributed by atoms with van der Waals surface area (Å²) in [7, 11) is 4.03. The van der Waals surface area contributed by atoms with E-state index in [4.69, 9.17) is 11.6 Å². The second kappa shape index (κ2) is 7.56. The van der Waals surface area contributed by atoms with Gasteiger partial charge >= 0.3 is 0 Å². The molecule has 0 fully saturated rings. The highest BCUT2D eigenvalue weighted by molar-refractivity contribution is 7.21. The molecule has 0 aliphatic heterocycles. The number of carbonyl (C=O) groups is 1. The monoisotopic (exact) mass is 372 g/mol. The smallest absolute Gasteiger partial charge is 0.262 e. The molecule has 1 atom stereocenters. The highest BCUT2D eigenvalue weighted by Gasteiger charge is 2.19. The first-order chi connectivity index (χ1) is 12.0. The Morgan fingerprint density at radius 2 is 1.84 bits per heavy atom. The third kappa shape index (κ3) is 3.87. The highest BCUT2D eigenvalue weighted by atomic mass is 35.5. The van der Waals surface area contributed by atoms with Crippen LogP contribution in [0.2, 0.25) is 5.02 Å². The fraction of sp³-hybridized carbons (Fsp3) is 0.250. The van der Waals surface area contributed by atoms with Gasteiger partial charge < -0.3 is 10.2 Å². The molecule has 1 N–H and O–H groups in total. The van der Waals surface area contributed by atoms with Crippen LogP contribution in [0.5, 0.6) is 0 Å². The van der Waals surface area contributed by atoms with E-state index in [1.165, 1.54) is 22.5 Å². The van der Waals surface area contributed by atoms with E-state index in [2.05, 4.69) is 41.4 Å². The molecule has 0 saturated carbocycles. The van der Waals surface area contributed by atoms with E-state index < -0.39 is 0 Å². The Morgan fingerprint density at radius 3 is 2.48 bits per heavy atom. The lowest BCUT2D eigenvalue weighted by Gasteiger charge is -2.25. The van der Waals surface area contributed by atoms with Gasteiger partial charge in [0.05, 0.1) is 11.1 Å². The molecule has 5 heteroatoms. The van der Waals surface area contributed by atoms with E-state index >= 15 is 0 Å². The number of benzene rings is 2. The van der Waals surface area contributed by atoms with Gasteiger partial charge in [-0.1, -0.05) is 59.6 Å². The van der Waals surface area contributed by atoms with Crippen LogP contribution in [0.1, 0.15) is 26.8 Å². The molecule has 0 saturated heterocycles. The molecule has 1 amide bonds. The predicted molar refractivity (Wildman–Crippen MR) is 107 cm³/mol. The largest absolute Gasteiger partial charge is 0.349 e. The van der Waals surface area contributed by atoms with Crippen LogP contribution in [0.3, 0.4) is 0 Å². The van der Waals surface area contributed by atoms with E-state index in [1.807, 2.05) is 38.4 Å². The van der Waals surface area contributed by atoms with Crippen LogP contribution >= 0.6 is 22.9 Å². The zero-order chi connectivity index (χ0) is 18.0. The summed E-state index contributed by atoms with van der Waals surface area (Å²) in [5.41, 5.74) is 2.40. The first-order valence-corrected chi connectivity index (χ1v) is 9.35. The first kappa shape index (κ1) is 17.9. The highest BCUT2D eigenvalue weighted by Crippen LogP contribution is 2.35. The molecule has 3 aromatic rings. The number of carbonyl (C=O) groups excluding carboxylic acids is 1. The summed E-state index contributed by atoms with van der Waals surface area (Å²) in [6.45, 7) is 2.60. The molecular formula is C20H21ClN2OS. The van der Waals surface area contributed by atoms with E-state index in [-0.39, 0.29) is 11.9 Å². The van der Waals surface area contributed by atoms with Crippen LogP contribution in [-0.2, 0) is 0 Å². The van der Waals surface area contributed by atoms with Gasteiger partial charge in [-0.3, -0.25) is 4.79 Å². The van der Waals surface area contributed by atoms with E-state index in [0.29, 0.717) is 16.4 Å². The second-order valence-corrected chi connectivity index (χ2v) is 7.77. The maximum absolute atomic E-state index is 12.6. The number of thiophene rings is 1. The number of halogens is 1. The molecule has 1 aromatic heterocycles. The molecule has 3 rings (SSSR count). The Hall–Kier alpha value is -1.88. The average Bonchev–Trinajstić information content (AvgIpc) is 2.93. The molecule has 0 unspecified atom stereocenters. The Kier molecular flexibility index (Phi) is 5.42. The third-order valence-electron chi connectivity index (χ3n) is 4.28. The average molecular weight is 373 g/mol. The lowest BCUT2D eigenvalue weighted by molar-refractivity contribution is 0.0946. The van der Waals surface area contributed by atoms with Crippen molar-refractivity contribution in [1.29, 1.82) is 0 Å². The van der Waals surface area contributed by atoms with Gasteiger partial charge in [-0.25, -0.2) is 0 Å². The van der Waals surface area contributed by atoms with Crippen LogP contribution in [0.4, 0.5) is 0 Å². The number of nitrogens with zero attached hydrogens (tertiary/aromatic N) is 1. The van der Waals surface area contributed by atoms with Gasteiger partial charge in [0.25, 0.3) is 5.91 Å². The summed E-state index contributed by atoms with van der Waals surface area (Å²) in [5, 5.41) is 4.51. The van der Waals surface area contributed by atoms with E-state index in [0.717, 1.165) is 10.1 Å². The quantitative estimate of drug-likeness (QED) is 0.691. The van der Waals surface area contributed by atoms with Gasteiger partial charge in [-0.05, 0) is 32.6 Å². The number of amides is 1. The number of nitrogens with one attached hydrogen (secondary N) is 1.